The van der Waals surface area contributed by atoms with Gasteiger partial charge in [0.25, 0.3) is 0 Å². The van der Waals surface area contributed by atoms with Gasteiger partial charge in [-0.2, -0.15) is 0 Å². The number of hydrogen-bond acceptors (Lipinski definition) is 2. The number of pyridine rings is 1. The van der Waals surface area contributed by atoms with Gasteiger partial charge in [-0.25, -0.2) is 0 Å². The molecule has 1 saturated carbocycles. The third-order valence-corrected chi connectivity index (χ3v) is 7.80. The van der Waals surface area contributed by atoms with Crippen molar-refractivity contribution in [2.45, 2.75) is 57.2 Å². The van der Waals surface area contributed by atoms with E-state index >= 15 is 0 Å². The zero-order chi connectivity index (χ0) is 21.4. The highest BCUT2D eigenvalue weighted by Gasteiger charge is 2.41. The van der Waals surface area contributed by atoms with E-state index in [1.165, 1.54) is 43.2 Å². The first-order valence-electron chi connectivity index (χ1n) is 11.1. The van der Waals surface area contributed by atoms with Gasteiger partial charge in [0.05, 0.1) is 17.8 Å². The minimum absolute atomic E-state index is 0.000131. The molecule has 2 aromatic heterocycles. The van der Waals surface area contributed by atoms with Crippen LogP contribution in [-0.2, 0) is 0 Å². The van der Waals surface area contributed by atoms with E-state index in [0.717, 1.165) is 21.0 Å². The molecule has 1 N–H and O–H groups in total. The van der Waals surface area contributed by atoms with Crippen molar-refractivity contribution in [1.82, 2.24) is 14.9 Å². The van der Waals surface area contributed by atoms with Crippen molar-refractivity contribution in [1.29, 1.82) is 0 Å². The van der Waals surface area contributed by atoms with E-state index in [9.17, 15) is 0 Å². The van der Waals surface area contributed by atoms with E-state index in [2.05, 4.69) is 85.3 Å². The summed E-state index contributed by atoms with van der Waals surface area (Å²) in [5, 5.41) is 4.31. The summed E-state index contributed by atoms with van der Waals surface area (Å²) in [4.78, 5) is 6.92. The Morgan fingerprint density at radius 3 is 2.68 bits per heavy atom. The molecule has 3 heterocycles. The number of nitrogens with one attached hydrogen (secondary N) is 1. The molecule has 0 unspecified atom stereocenters. The van der Waals surface area contributed by atoms with Gasteiger partial charge in [-0.15, -0.1) is 0 Å². The molecule has 6 heteroatoms. The number of aryl methyl sites for hydroxylation is 1. The van der Waals surface area contributed by atoms with Gasteiger partial charge in [-0.1, -0.05) is 41.3 Å². The Kier molecular flexibility index (Phi) is 5.85. The molecule has 1 saturated heterocycles. The Hall–Kier alpha value is -2.18. The highest BCUT2D eigenvalue weighted by Crippen LogP contribution is 2.42. The van der Waals surface area contributed by atoms with E-state index < -0.39 is 0 Å². The van der Waals surface area contributed by atoms with E-state index in [1.54, 1.807) is 0 Å². The Labute approximate surface area is 197 Å². The second kappa shape index (κ2) is 8.75. The van der Waals surface area contributed by atoms with Crippen molar-refractivity contribution in [2.24, 2.45) is 0 Å². The third-order valence-electron chi connectivity index (χ3n) is 6.59. The fourth-order valence-corrected chi connectivity index (χ4v) is 5.55. The summed E-state index contributed by atoms with van der Waals surface area (Å²) in [5.74, 6) is 0. The van der Waals surface area contributed by atoms with E-state index in [-0.39, 0.29) is 12.1 Å². The highest BCUT2D eigenvalue weighted by atomic mass is 79.9. The number of rotatable bonds is 4. The average Bonchev–Trinajstić information content (AvgIpc) is 3.41. The molecule has 2 fully saturated rings. The molecular formula is C25H27BrN4S. The van der Waals surface area contributed by atoms with Crippen LogP contribution in [0.5, 0.6) is 0 Å². The summed E-state index contributed by atoms with van der Waals surface area (Å²) in [7, 11) is 0. The maximum absolute atomic E-state index is 5.85. The molecule has 4 nitrogen and oxygen atoms in total. The molecule has 0 bridgehead atoms. The number of nitrogens with zero attached hydrogens (tertiary/aromatic N) is 3. The van der Waals surface area contributed by atoms with Crippen LogP contribution in [0.1, 0.15) is 67.1 Å². The fourth-order valence-electron chi connectivity index (χ4n) is 4.96. The molecular weight excluding hydrogens is 468 g/mol. The summed E-state index contributed by atoms with van der Waals surface area (Å²) in [6.07, 6.45) is 13.0. The van der Waals surface area contributed by atoms with Crippen LogP contribution in [0.15, 0.2) is 65.5 Å². The molecule has 0 amide bonds. The van der Waals surface area contributed by atoms with Crippen molar-refractivity contribution >= 4 is 38.9 Å². The van der Waals surface area contributed by atoms with Crippen LogP contribution in [-0.4, -0.2) is 14.7 Å². The number of hydrogen-bond donors (Lipinski definition) is 1. The first-order chi connectivity index (χ1) is 15.1. The molecule has 0 radical (unpaired) electrons. The van der Waals surface area contributed by atoms with Gasteiger partial charge < -0.3 is 14.8 Å². The fraction of sp³-hybridized carbons (Fsp3) is 0.360. The molecule has 0 spiro atoms. The number of aromatic nitrogens is 2. The lowest BCUT2D eigenvalue weighted by Crippen LogP contribution is -2.29. The van der Waals surface area contributed by atoms with Crippen LogP contribution in [0.2, 0.25) is 0 Å². The summed E-state index contributed by atoms with van der Waals surface area (Å²) in [5.41, 5.74) is 4.58. The van der Waals surface area contributed by atoms with E-state index in [0.29, 0.717) is 6.04 Å². The van der Waals surface area contributed by atoms with Gasteiger partial charge in [0.15, 0.2) is 5.11 Å². The predicted molar refractivity (Wildman–Crippen MR) is 133 cm³/mol. The Morgan fingerprint density at radius 1 is 1.10 bits per heavy atom. The van der Waals surface area contributed by atoms with Gasteiger partial charge in [0, 0.05) is 34.8 Å². The standard InChI is InChI=1S/C25H27BrN4S/c1-17-15-20(10-11-21(17)26)30-24(23(28-25(30)31)22-9-5-6-13-27-22)18-12-14-29(16-18)19-7-3-2-4-8-19/h5-6,9-16,19,23-24H,2-4,7-8H2,1H3,(H,28,31)/t23-,24+/m0/s1. The van der Waals surface area contributed by atoms with Crippen LogP contribution in [0, 0.1) is 6.92 Å². The van der Waals surface area contributed by atoms with Crippen LogP contribution in [0.3, 0.4) is 0 Å². The molecule has 5 rings (SSSR count). The molecule has 2 aliphatic rings. The SMILES string of the molecule is Cc1cc(N2C(=S)N[C@@H](c3ccccn3)[C@H]2c2ccn(C3CCCCC3)c2)ccc1Br. The Morgan fingerprint density at radius 2 is 1.94 bits per heavy atom. The molecule has 1 aliphatic carbocycles. The minimum Gasteiger partial charge on any atom is -0.351 e. The van der Waals surface area contributed by atoms with Gasteiger partial charge >= 0.3 is 0 Å². The van der Waals surface area contributed by atoms with Crippen molar-refractivity contribution in [2.75, 3.05) is 4.90 Å². The number of anilines is 1. The number of benzene rings is 1. The lowest BCUT2D eigenvalue weighted by Gasteiger charge is -2.28. The topological polar surface area (TPSA) is 33.1 Å². The third kappa shape index (κ3) is 4.03. The first kappa shape index (κ1) is 20.7. The van der Waals surface area contributed by atoms with Crippen LogP contribution >= 0.6 is 28.1 Å². The summed E-state index contributed by atoms with van der Waals surface area (Å²) >= 11 is 9.48. The molecule has 1 aliphatic heterocycles. The predicted octanol–water partition coefficient (Wildman–Crippen LogP) is 6.64. The van der Waals surface area contributed by atoms with Crippen molar-refractivity contribution in [3.05, 3.63) is 82.3 Å². The Balaban J connectivity index is 1.56. The molecule has 160 valence electrons. The normalized spacial score (nSPS) is 22.0. The monoisotopic (exact) mass is 494 g/mol. The zero-order valence-corrected chi connectivity index (χ0v) is 20.1. The number of thiocarbonyl (C=S) groups is 1. The summed E-state index contributed by atoms with van der Waals surface area (Å²) < 4.78 is 3.53. The number of halogens is 1. The first-order valence-corrected chi connectivity index (χ1v) is 12.3. The maximum Gasteiger partial charge on any atom is 0.174 e. The lowest BCUT2D eigenvalue weighted by atomic mass is 9.95. The van der Waals surface area contributed by atoms with Gasteiger partial charge in [0.2, 0.25) is 0 Å². The van der Waals surface area contributed by atoms with Crippen molar-refractivity contribution in [3.63, 3.8) is 0 Å². The van der Waals surface area contributed by atoms with Gasteiger partial charge in [0.1, 0.15) is 0 Å². The second-order valence-electron chi connectivity index (χ2n) is 8.61. The summed E-state index contributed by atoms with van der Waals surface area (Å²) in [6, 6.07) is 15.5. The quantitative estimate of drug-likeness (QED) is 0.412. The molecule has 31 heavy (non-hydrogen) atoms. The molecule has 2 atom stereocenters. The Bertz CT molecular complexity index is 1070. The van der Waals surface area contributed by atoms with Gasteiger partial charge in [-0.3, -0.25) is 4.98 Å². The second-order valence-corrected chi connectivity index (χ2v) is 9.86. The van der Waals surface area contributed by atoms with Crippen molar-refractivity contribution < 1.29 is 0 Å². The van der Waals surface area contributed by atoms with Crippen LogP contribution in [0.25, 0.3) is 0 Å². The lowest BCUT2D eigenvalue weighted by molar-refractivity contribution is 0.353. The van der Waals surface area contributed by atoms with Crippen LogP contribution in [0.4, 0.5) is 5.69 Å². The smallest absolute Gasteiger partial charge is 0.174 e. The minimum atomic E-state index is -0.000131. The summed E-state index contributed by atoms with van der Waals surface area (Å²) in [6.45, 7) is 2.12. The van der Waals surface area contributed by atoms with E-state index in [1.807, 2.05) is 18.3 Å². The maximum atomic E-state index is 5.85. The zero-order valence-electron chi connectivity index (χ0n) is 17.7. The molecule has 3 aromatic rings. The highest BCUT2D eigenvalue weighted by molar-refractivity contribution is 9.10. The van der Waals surface area contributed by atoms with Crippen molar-refractivity contribution in [3.8, 4) is 0 Å². The average molecular weight is 495 g/mol. The molecule has 1 aromatic carbocycles. The largest absolute Gasteiger partial charge is 0.351 e. The van der Waals surface area contributed by atoms with Crippen LogP contribution < -0.4 is 10.2 Å². The van der Waals surface area contributed by atoms with E-state index in [4.69, 9.17) is 12.2 Å². The van der Waals surface area contributed by atoms with Gasteiger partial charge in [-0.05, 0) is 79.5 Å².